The van der Waals surface area contributed by atoms with Gasteiger partial charge in [0.05, 0.1) is 11.4 Å². The number of fused-ring (bicyclic) bond motifs is 1. The van der Waals surface area contributed by atoms with Crippen LogP contribution in [0.2, 0.25) is 5.28 Å². The topological polar surface area (TPSA) is 63.6 Å². The van der Waals surface area contributed by atoms with Crippen molar-refractivity contribution in [1.82, 2.24) is 19.9 Å². The van der Waals surface area contributed by atoms with Gasteiger partial charge in [0.15, 0.2) is 0 Å². The molecule has 6 heteroatoms. The van der Waals surface area contributed by atoms with Crippen LogP contribution < -0.4 is 5.32 Å². The first-order chi connectivity index (χ1) is 12.8. The van der Waals surface area contributed by atoms with Crippen molar-refractivity contribution in [3.8, 4) is 0 Å². The van der Waals surface area contributed by atoms with Gasteiger partial charge in [0.25, 0.3) is 0 Å². The number of aromatic nitrogens is 4. The summed E-state index contributed by atoms with van der Waals surface area (Å²) in [5.41, 5.74) is 1.94. The maximum atomic E-state index is 6.09. The second-order valence-corrected chi connectivity index (χ2v) is 6.15. The van der Waals surface area contributed by atoms with Crippen LogP contribution in [0.5, 0.6) is 0 Å². The minimum Gasteiger partial charge on any atom is -0.368 e. The molecule has 5 nitrogen and oxygen atoms in total. The first-order valence-electron chi connectivity index (χ1n) is 8.29. The Morgan fingerprint density at radius 1 is 0.846 bits per heavy atom. The van der Waals surface area contributed by atoms with Gasteiger partial charge in [-0.1, -0.05) is 42.5 Å². The van der Waals surface area contributed by atoms with Gasteiger partial charge in [0, 0.05) is 24.3 Å². The Kier molecular flexibility index (Phi) is 4.71. The number of para-hydroxylation sites is 1. The molecule has 0 spiro atoms. The molecule has 0 amide bonds. The number of rotatable bonds is 5. The quantitative estimate of drug-likeness (QED) is 0.536. The standard InChI is InChI=1S/C20H16ClN5/c21-20-25-17-10-5-4-9-15(17)19(26-20)24-13-16(14-7-2-1-3-8-14)18-22-11-6-12-23-18/h1-12,16H,13H2,(H,24,25,26). The summed E-state index contributed by atoms with van der Waals surface area (Å²) in [6.07, 6.45) is 3.52. The summed E-state index contributed by atoms with van der Waals surface area (Å²) < 4.78 is 0. The van der Waals surface area contributed by atoms with Crippen molar-refractivity contribution in [2.75, 3.05) is 11.9 Å². The summed E-state index contributed by atoms with van der Waals surface area (Å²) in [5, 5.41) is 4.56. The van der Waals surface area contributed by atoms with Crippen molar-refractivity contribution in [3.05, 3.63) is 89.7 Å². The number of hydrogen-bond donors (Lipinski definition) is 1. The molecule has 26 heavy (non-hydrogen) atoms. The molecule has 2 aromatic heterocycles. The molecule has 0 aliphatic rings. The second kappa shape index (κ2) is 7.45. The highest BCUT2D eigenvalue weighted by Gasteiger charge is 2.17. The summed E-state index contributed by atoms with van der Waals surface area (Å²) in [5.74, 6) is 1.46. The van der Waals surface area contributed by atoms with Crippen molar-refractivity contribution in [3.63, 3.8) is 0 Å². The third-order valence-corrected chi connectivity index (χ3v) is 4.32. The molecule has 0 fully saturated rings. The third kappa shape index (κ3) is 3.48. The molecule has 1 atom stereocenters. The molecule has 128 valence electrons. The average molecular weight is 362 g/mol. The highest BCUT2D eigenvalue weighted by atomic mass is 35.5. The molecule has 0 bridgehead atoms. The molecular formula is C20H16ClN5. The van der Waals surface area contributed by atoms with Gasteiger partial charge < -0.3 is 5.32 Å². The molecule has 4 rings (SSSR count). The van der Waals surface area contributed by atoms with Crippen molar-refractivity contribution >= 4 is 28.3 Å². The number of halogens is 1. The number of benzene rings is 2. The monoisotopic (exact) mass is 361 g/mol. The highest BCUT2D eigenvalue weighted by Crippen LogP contribution is 2.25. The summed E-state index contributed by atoms with van der Waals surface area (Å²) in [6, 6.07) is 19.8. The summed E-state index contributed by atoms with van der Waals surface area (Å²) >= 11 is 6.09. The Labute approximate surface area is 156 Å². The Hall–Kier alpha value is -3.05. The van der Waals surface area contributed by atoms with Crippen molar-refractivity contribution in [2.45, 2.75) is 5.92 Å². The van der Waals surface area contributed by atoms with E-state index in [2.05, 4.69) is 37.4 Å². The van der Waals surface area contributed by atoms with Crippen molar-refractivity contribution in [2.24, 2.45) is 0 Å². The lowest BCUT2D eigenvalue weighted by molar-refractivity contribution is 0.771. The fraction of sp³-hybridized carbons (Fsp3) is 0.100. The summed E-state index contributed by atoms with van der Waals surface area (Å²) in [4.78, 5) is 17.5. The molecule has 1 unspecified atom stereocenters. The molecule has 0 aliphatic heterocycles. The van der Waals surface area contributed by atoms with E-state index >= 15 is 0 Å². The largest absolute Gasteiger partial charge is 0.368 e. The molecule has 0 saturated carbocycles. The summed E-state index contributed by atoms with van der Waals surface area (Å²) in [6.45, 7) is 0.589. The van der Waals surface area contributed by atoms with Crippen LogP contribution in [-0.4, -0.2) is 26.5 Å². The first-order valence-corrected chi connectivity index (χ1v) is 8.67. The van der Waals surface area contributed by atoms with Crippen molar-refractivity contribution in [1.29, 1.82) is 0 Å². The van der Waals surface area contributed by atoms with E-state index in [9.17, 15) is 0 Å². The normalized spacial score (nSPS) is 12.0. The van der Waals surface area contributed by atoms with E-state index in [1.165, 1.54) is 0 Å². The Morgan fingerprint density at radius 3 is 2.38 bits per heavy atom. The van der Waals surface area contributed by atoms with E-state index < -0.39 is 0 Å². The average Bonchev–Trinajstić information content (AvgIpc) is 2.69. The van der Waals surface area contributed by atoms with Gasteiger partial charge in [-0.3, -0.25) is 0 Å². The summed E-state index contributed by atoms with van der Waals surface area (Å²) in [7, 11) is 0. The van der Waals surface area contributed by atoms with Crippen LogP contribution in [0, 0.1) is 0 Å². The maximum absolute atomic E-state index is 6.09. The molecule has 0 saturated heterocycles. The fourth-order valence-corrected chi connectivity index (χ4v) is 3.09. The van der Waals surface area contributed by atoms with Crippen LogP contribution in [0.3, 0.4) is 0 Å². The van der Waals surface area contributed by atoms with Gasteiger partial charge in [-0.2, -0.15) is 0 Å². The number of anilines is 1. The lowest BCUT2D eigenvalue weighted by Crippen LogP contribution is -2.17. The minimum absolute atomic E-state index is 0.00935. The molecule has 4 aromatic rings. The molecule has 0 aliphatic carbocycles. The van der Waals surface area contributed by atoms with E-state index in [4.69, 9.17) is 11.6 Å². The van der Waals surface area contributed by atoms with Crippen LogP contribution in [0.15, 0.2) is 73.1 Å². The number of nitrogens with one attached hydrogen (secondary N) is 1. The lowest BCUT2D eigenvalue weighted by atomic mass is 9.98. The Balaban J connectivity index is 1.68. The predicted molar refractivity (Wildman–Crippen MR) is 103 cm³/mol. The van der Waals surface area contributed by atoms with Crippen LogP contribution in [-0.2, 0) is 0 Å². The number of hydrogen-bond acceptors (Lipinski definition) is 5. The third-order valence-electron chi connectivity index (χ3n) is 4.15. The van der Waals surface area contributed by atoms with E-state index in [0.717, 1.165) is 22.3 Å². The van der Waals surface area contributed by atoms with Crippen LogP contribution >= 0.6 is 11.6 Å². The Morgan fingerprint density at radius 2 is 1.58 bits per heavy atom. The predicted octanol–water partition coefficient (Wildman–Crippen LogP) is 4.32. The smallest absolute Gasteiger partial charge is 0.224 e. The van der Waals surface area contributed by atoms with Gasteiger partial charge in [-0.25, -0.2) is 19.9 Å². The zero-order chi connectivity index (χ0) is 17.8. The van der Waals surface area contributed by atoms with E-state index in [1.807, 2.05) is 48.5 Å². The van der Waals surface area contributed by atoms with E-state index in [-0.39, 0.29) is 11.2 Å². The van der Waals surface area contributed by atoms with Crippen LogP contribution in [0.25, 0.3) is 10.9 Å². The van der Waals surface area contributed by atoms with Gasteiger partial charge in [-0.05, 0) is 35.4 Å². The van der Waals surface area contributed by atoms with Crippen molar-refractivity contribution < 1.29 is 0 Å². The molecular weight excluding hydrogens is 346 g/mol. The van der Waals surface area contributed by atoms with Gasteiger partial charge in [0.1, 0.15) is 11.6 Å². The Bertz CT molecular complexity index is 969. The fourth-order valence-electron chi connectivity index (χ4n) is 2.92. The van der Waals surface area contributed by atoms with Gasteiger partial charge in [-0.15, -0.1) is 0 Å². The van der Waals surface area contributed by atoms with E-state index in [0.29, 0.717) is 12.4 Å². The highest BCUT2D eigenvalue weighted by molar-refractivity contribution is 6.28. The molecule has 2 aromatic carbocycles. The lowest BCUT2D eigenvalue weighted by Gasteiger charge is -2.18. The zero-order valence-electron chi connectivity index (χ0n) is 13.9. The SMILES string of the molecule is Clc1nc(NCC(c2ccccc2)c2ncccn2)c2ccccc2n1. The zero-order valence-corrected chi connectivity index (χ0v) is 14.6. The molecule has 2 heterocycles. The van der Waals surface area contributed by atoms with Gasteiger partial charge >= 0.3 is 0 Å². The minimum atomic E-state index is -0.00935. The molecule has 1 N–H and O–H groups in total. The molecule has 0 radical (unpaired) electrons. The van der Waals surface area contributed by atoms with Crippen LogP contribution in [0.4, 0.5) is 5.82 Å². The first kappa shape index (κ1) is 16.4. The maximum Gasteiger partial charge on any atom is 0.224 e. The van der Waals surface area contributed by atoms with Crippen LogP contribution in [0.1, 0.15) is 17.3 Å². The van der Waals surface area contributed by atoms with E-state index in [1.54, 1.807) is 12.4 Å². The number of nitrogens with zero attached hydrogens (tertiary/aromatic N) is 4. The van der Waals surface area contributed by atoms with Gasteiger partial charge in [0.2, 0.25) is 5.28 Å². The second-order valence-electron chi connectivity index (χ2n) is 5.81.